The topological polar surface area (TPSA) is 81.4 Å². The lowest BCUT2D eigenvalue weighted by atomic mass is 10.2. The summed E-state index contributed by atoms with van der Waals surface area (Å²) in [5, 5.41) is 3.35. The van der Waals surface area contributed by atoms with Gasteiger partial charge in [-0.25, -0.2) is 9.78 Å². The third-order valence-corrected chi connectivity index (χ3v) is 4.41. The Hall–Kier alpha value is -2.57. The number of nitrogens with one attached hydrogen (secondary N) is 1. The second-order valence-electron chi connectivity index (χ2n) is 5.46. The molecule has 1 unspecified atom stereocenters. The molecule has 26 heavy (non-hydrogen) atoms. The fourth-order valence-corrected chi connectivity index (χ4v) is 2.60. The lowest BCUT2D eigenvalue weighted by molar-refractivity contribution is -0.124. The van der Waals surface area contributed by atoms with Crippen molar-refractivity contribution in [3.8, 4) is 0 Å². The molecule has 0 saturated heterocycles. The van der Waals surface area contributed by atoms with Crippen LogP contribution in [-0.4, -0.2) is 23.0 Å². The van der Waals surface area contributed by atoms with Gasteiger partial charge in [0, 0.05) is 5.69 Å². The molecule has 1 N–H and O–H groups in total. The number of ether oxygens (including phenoxy) is 1. The summed E-state index contributed by atoms with van der Waals surface area (Å²) in [6, 6.07) is 9.43. The van der Waals surface area contributed by atoms with Crippen molar-refractivity contribution in [1.82, 2.24) is 4.98 Å². The van der Waals surface area contributed by atoms with E-state index in [1.54, 1.807) is 31.2 Å². The van der Waals surface area contributed by atoms with Gasteiger partial charge in [-0.1, -0.05) is 30.1 Å². The minimum Gasteiger partial charge on any atom is -0.449 e. The highest BCUT2D eigenvalue weighted by atomic mass is 35.5. The molecule has 2 aromatic carbocycles. The van der Waals surface area contributed by atoms with Crippen LogP contribution in [0.1, 0.15) is 23.7 Å². The molecular weight excluding hydrogens is 379 g/mol. The van der Waals surface area contributed by atoms with Crippen molar-refractivity contribution in [3.63, 3.8) is 0 Å². The average molecular weight is 393 g/mol. The number of hydrogen-bond donors (Lipinski definition) is 1. The van der Waals surface area contributed by atoms with Crippen molar-refractivity contribution >= 4 is 51.9 Å². The Labute approximate surface area is 159 Å². The number of esters is 1. The van der Waals surface area contributed by atoms with Gasteiger partial charge < -0.3 is 14.5 Å². The largest absolute Gasteiger partial charge is 0.449 e. The number of aromatic nitrogens is 1. The first-order chi connectivity index (χ1) is 12.5. The van der Waals surface area contributed by atoms with E-state index >= 15 is 0 Å². The molecule has 0 fully saturated rings. The molecule has 134 valence electrons. The zero-order chi connectivity index (χ0) is 18.7. The van der Waals surface area contributed by atoms with Crippen LogP contribution in [0.3, 0.4) is 0 Å². The highest BCUT2D eigenvalue weighted by Crippen LogP contribution is 2.25. The molecule has 1 aromatic heterocycles. The molecule has 0 bridgehead atoms. The minimum atomic E-state index is -0.956. The number of fused-ring (bicyclic) bond motifs is 1. The van der Waals surface area contributed by atoms with Crippen LogP contribution in [0.4, 0.5) is 5.69 Å². The Balaban J connectivity index is 1.70. The second kappa shape index (κ2) is 7.76. The maximum Gasteiger partial charge on any atom is 0.339 e. The number of oxazole rings is 1. The third kappa shape index (κ3) is 3.98. The van der Waals surface area contributed by atoms with Crippen molar-refractivity contribution in [2.24, 2.45) is 0 Å². The molecule has 0 saturated carbocycles. The standard InChI is InChI=1S/C18H14Cl2N2O4/c1-2-15(17(23)22-11-4-5-12(19)13(20)8-11)26-18(24)10-3-6-14-16(7-10)25-9-21-14/h3-9,15H,2H2,1H3,(H,22,23). The number of rotatable bonds is 5. The molecule has 6 nitrogen and oxygen atoms in total. The highest BCUT2D eigenvalue weighted by Gasteiger charge is 2.22. The number of anilines is 1. The van der Waals surface area contributed by atoms with Gasteiger partial charge in [-0.15, -0.1) is 0 Å². The molecule has 0 spiro atoms. The van der Waals surface area contributed by atoms with Crippen LogP contribution < -0.4 is 5.32 Å². The van der Waals surface area contributed by atoms with Crippen LogP contribution in [0.25, 0.3) is 11.1 Å². The summed E-state index contributed by atoms with van der Waals surface area (Å²) in [4.78, 5) is 28.7. The number of carbonyl (C=O) groups is 2. The van der Waals surface area contributed by atoms with Gasteiger partial charge in [-0.2, -0.15) is 0 Å². The SMILES string of the molecule is CCC(OC(=O)c1ccc2ncoc2c1)C(=O)Nc1ccc(Cl)c(Cl)c1. The molecule has 1 heterocycles. The molecule has 1 amide bonds. The highest BCUT2D eigenvalue weighted by molar-refractivity contribution is 6.42. The van der Waals surface area contributed by atoms with Crippen molar-refractivity contribution in [2.45, 2.75) is 19.4 Å². The van der Waals surface area contributed by atoms with Crippen LogP contribution in [0.15, 0.2) is 47.2 Å². The number of hydrogen-bond acceptors (Lipinski definition) is 5. The van der Waals surface area contributed by atoms with Crippen LogP contribution in [0.5, 0.6) is 0 Å². The molecule has 8 heteroatoms. The van der Waals surface area contributed by atoms with E-state index in [1.165, 1.54) is 18.5 Å². The average Bonchev–Trinajstić information content (AvgIpc) is 3.10. The lowest BCUT2D eigenvalue weighted by Crippen LogP contribution is -2.32. The molecule has 3 aromatic rings. The van der Waals surface area contributed by atoms with E-state index in [1.807, 2.05) is 0 Å². The summed E-state index contributed by atoms with van der Waals surface area (Å²) >= 11 is 11.8. The Morgan fingerprint density at radius 1 is 1.19 bits per heavy atom. The number of amides is 1. The summed E-state index contributed by atoms with van der Waals surface area (Å²) < 4.78 is 10.5. The number of nitrogens with zero attached hydrogens (tertiary/aromatic N) is 1. The summed E-state index contributed by atoms with van der Waals surface area (Å²) in [5.74, 6) is -1.08. The van der Waals surface area contributed by atoms with Gasteiger partial charge in [-0.3, -0.25) is 4.79 Å². The van der Waals surface area contributed by atoms with E-state index in [0.717, 1.165) is 0 Å². The maximum atomic E-state index is 12.4. The monoisotopic (exact) mass is 392 g/mol. The second-order valence-corrected chi connectivity index (χ2v) is 6.27. The van der Waals surface area contributed by atoms with E-state index in [4.69, 9.17) is 32.4 Å². The Bertz CT molecular complexity index is 971. The predicted molar refractivity (Wildman–Crippen MR) is 98.6 cm³/mol. The Morgan fingerprint density at radius 3 is 2.73 bits per heavy atom. The van der Waals surface area contributed by atoms with Crippen molar-refractivity contribution in [1.29, 1.82) is 0 Å². The molecule has 0 aliphatic rings. The molecule has 0 aliphatic heterocycles. The fourth-order valence-electron chi connectivity index (χ4n) is 2.30. The van der Waals surface area contributed by atoms with Gasteiger partial charge in [-0.05, 0) is 42.8 Å². The van der Waals surface area contributed by atoms with Gasteiger partial charge in [0.15, 0.2) is 18.1 Å². The van der Waals surface area contributed by atoms with Gasteiger partial charge in [0.1, 0.15) is 5.52 Å². The first-order valence-corrected chi connectivity index (χ1v) is 8.53. The first-order valence-electron chi connectivity index (χ1n) is 7.78. The fraction of sp³-hybridized carbons (Fsp3) is 0.167. The van der Waals surface area contributed by atoms with Crippen LogP contribution in [-0.2, 0) is 9.53 Å². The Kier molecular flexibility index (Phi) is 5.44. The smallest absolute Gasteiger partial charge is 0.339 e. The van der Waals surface area contributed by atoms with E-state index in [2.05, 4.69) is 10.3 Å². The van der Waals surface area contributed by atoms with E-state index in [0.29, 0.717) is 33.3 Å². The van der Waals surface area contributed by atoms with E-state index < -0.39 is 18.0 Å². The number of halogens is 2. The summed E-state index contributed by atoms with van der Waals surface area (Å²) in [6.45, 7) is 1.74. The van der Waals surface area contributed by atoms with Crippen molar-refractivity contribution < 1.29 is 18.7 Å². The minimum absolute atomic E-state index is 0.273. The zero-order valence-corrected chi connectivity index (χ0v) is 15.2. The van der Waals surface area contributed by atoms with Crippen LogP contribution in [0, 0.1) is 0 Å². The normalized spacial score (nSPS) is 12.0. The lowest BCUT2D eigenvalue weighted by Gasteiger charge is -2.16. The molecule has 1 atom stereocenters. The van der Waals surface area contributed by atoms with Crippen LogP contribution in [0.2, 0.25) is 10.0 Å². The predicted octanol–water partition coefficient (Wildman–Crippen LogP) is 4.71. The van der Waals surface area contributed by atoms with Gasteiger partial charge in [0.25, 0.3) is 5.91 Å². The van der Waals surface area contributed by atoms with Crippen molar-refractivity contribution in [2.75, 3.05) is 5.32 Å². The number of carbonyl (C=O) groups excluding carboxylic acids is 2. The summed E-state index contributed by atoms with van der Waals surface area (Å²) in [5.41, 5.74) is 1.83. The number of benzene rings is 2. The molecule has 0 aliphatic carbocycles. The molecular formula is C18H14Cl2N2O4. The van der Waals surface area contributed by atoms with Gasteiger partial charge in [0.2, 0.25) is 0 Å². The van der Waals surface area contributed by atoms with Gasteiger partial charge in [0.05, 0.1) is 15.6 Å². The third-order valence-electron chi connectivity index (χ3n) is 3.67. The summed E-state index contributed by atoms with van der Waals surface area (Å²) in [6.07, 6.45) is 0.644. The van der Waals surface area contributed by atoms with Crippen LogP contribution >= 0.6 is 23.2 Å². The summed E-state index contributed by atoms with van der Waals surface area (Å²) in [7, 11) is 0. The van der Waals surface area contributed by atoms with Crippen molar-refractivity contribution in [3.05, 3.63) is 58.4 Å². The molecule has 3 rings (SSSR count). The van der Waals surface area contributed by atoms with E-state index in [-0.39, 0.29) is 5.56 Å². The first kappa shape index (κ1) is 18.2. The van der Waals surface area contributed by atoms with E-state index in [9.17, 15) is 9.59 Å². The van der Waals surface area contributed by atoms with Gasteiger partial charge >= 0.3 is 5.97 Å². The maximum absolute atomic E-state index is 12.4. The zero-order valence-electron chi connectivity index (χ0n) is 13.7. The molecule has 0 radical (unpaired) electrons. The quantitative estimate of drug-likeness (QED) is 0.635. The Morgan fingerprint density at radius 2 is 2.00 bits per heavy atom.